The quantitative estimate of drug-likeness (QED) is 0.867. The molecule has 1 amide bonds. The van der Waals surface area contributed by atoms with E-state index < -0.39 is 17.8 Å². The molecule has 1 aliphatic heterocycles. The van der Waals surface area contributed by atoms with E-state index >= 15 is 0 Å². The van der Waals surface area contributed by atoms with Crippen molar-refractivity contribution in [2.75, 3.05) is 11.9 Å². The number of carbonyl (C=O) groups is 2. The summed E-state index contributed by atoms with van der Waals surface area (Å²) in [6, 6.07) is 5.53. The first-order valence-corrected chi connectivity index (χ1v) is 6.44. The zero-order valence-electron chi connectivity index (χ0n) is 10.4. The molecule has 0 bridgehead atoms. The number of carboxylic acid groups (broad SMARTS) is 1. The lowest BCUT2D eigenvalue weighted by molar-refractivity contribution is -0.151. The average molecular weight is 261 g/mol. The number of aliphatic carboxylic acids is 1. The number of ether oxygens (including phenoxy) is 1. The van der Waals surface area contributed by atoms with Crippen molar-refractivity contribution >= 4 is 17.6 Å². The molecule has 1 aromatic carbocycles. The van der Waals surface area contributed by atoms with Crippen molar-refractivity contribution in [3.05, 3.63) is 23.8 Å². The van der Waals surface area contributed by atoms with Crippen LogP contribution < -0.4 is 10.1 Å². The van der Waals surface area contributed by atoms with Crippen molar-refractivity contribution in [1.29, 1.82) is 0 Å². The number of rotatable bonds is 3. The minimum Gasteiger partial charge on any atom is -0.493 e. The Morgan fingerprint density at radius 3 is 2.74 bits per heavy atom. The molecule has 1 aliphatic carbocycles. The average Bonchev–Trinajstić information content (AvgIpc) is 2.73. The molecule has 0 aromatic heterocycles. The Morgan fingerprint density at radius 1 is 1.26 bits per heavy atom. The first-order chi connectivity index (χ1) is 9.15. The largest absolute Gasteiger partial charge is 0.493 e. The Labute approximate surface area is 110 Å². The number of nitrogens with one attached hydrogen (secondary N) is 1. The summed E-state index contributed by atoms with van der Waals surface area (Å²) >= 11 is 0. The number of anilines is 1. The first-order valence-electron chi connectivity index (χ1n) is 6.44. The molecule has 5 nitrogen and oxygen atoms in total. The molecule has 5 heteroatoms. The number of fused-ring (bicyclic) bond motifs is 1. The predicted molar refractivity (Wildman–Crippen MR) is 68.1 cm³/mol. The topological polar surface area (TPSA) is 75.6 Å². The zero-order chi connectivity index (χ0) is 13.4. The molecule has 1 fully saturated rings. The van der Waals surface area contributed by atoms with E-state index in [1.807, 2.05) is 12.1 Å². The van der Waals surface area contributed by atoms with Crippen LogP contribution in [0.4, 0.5) is 5.69 Å². The van der Waals surface area contributed by atoms with Gasteiger partial charge in [-0.3, -0.25) is 9.59 Å². The zero-order valence-corrected chi connectivity index (χ0v) is 10.4. The highest BCUT2D eigenvalue weighted by Gasteiger charge is 2.41. The molecule has 1 heterocycles. The lowest BCUT2D eigenvalue weighted by Crippen LogP contribution is -2.41. The molecule has 2 aliphatic rings. The molecule has 0 spiro atoms. The Kier molecular flexibility index (Phi) is 2.89. The highest BCUT2D eigenvalue weighted by atomic mass is 16.5. The summed E-state index contributed by atoms with van der Waals surface area (Å²) in [5.74, 6) is -1.14. The van der Waals surface area contributed by atoms with E-state index in [2.05, 4.69) is 5.32 Å². The van der Waals surface area contributed by atoms with Crippen molar-refractivity contribution in [1.82, 2.24) is 0 Å². The Morgan fingerprint density at radius 2 is 2.05 bits per heavy atom. The number of hydrogen-bond donors (Lipinski definition) is 2. The van der Waals surface area contributed by atoms with Crippen LogP contribution in [0.5, 0.6) is 5.75 Å². The summed E-state index contributed by atoms with van der Waals surface area (Å²) in [4.78, 5) is 22.9. The lowest BCUT2D eigenvalue weighted by Gasteiger charge is -2.31. The normalized spacial score (nSPS) is 24.0. The van der Waals surface area contributed by atoms with Crippen LogP contribution in [0, 0.1) is 11.8 Å². The standard InChI is InChI=1S/C14H15NO4/c16-13(10-2-3-11(10)14(17)18)15-9-1-4-12-8(7-9)5-6-19-12/h1,4,7,10-11H,2-3,5-6H2,(H,15,16)(H,17,18). The van der Waals surface area contributed by atoms with Crippen LogP contribution in [0.1, 0.15) is 18.4 Å². The number of amides is 1. The van der Waals surface area contributed by atoms with Crippen molar-refractivity contribution < 1.29 is 19.4 Å². The summed E-state index contributed by atoms with van der Waals surface area (Å²) in [5, 5.41) is 11.7. The summed E-state index contributed by atoms with van der Waals surface area (Å²) in [5.41, 5.74) is 1.80. The molecule has 2 atom stereocenters. The number of hydrogen-bond acceptors (Lipinski definition) is 3. The number of carboxylic acids is 1. The second-order valence-corrected chi connectivity index (χ2v) is 5.04. The maximum absolute atomic E-state index is 12.0. The van der Waals surface area contributed by atoms with Crippen LogP contribution in [0.25, 0.3) is 0 Å². The van der Waals surface area contributed by atoms with E-state index in [4.69, 9.17) is 9.84 Å². The van der Waals surface area contributed by atoms with E-state index in [0.717, 1.165) is 17.7 Å². The van der Waals surface area contributed by atoms with E-state index in [9.17, 15) is 9.59 Å². The molecular weight excluding hydrogens is 246 g/mol. The minimum absolute atomic E-state index is 0.197. The smallest absolute Gasteiger partial charge is 0.307 e. The molecule has 1 saturated carbocycles. The van der Waals surface area contributed by atoms with Crippen LogP contribution in [-0.4, -0.2) is 23.6 Å². The van der Waals surface area contributed by atoms with E-state index in [1.165, 1.54) is 0 Å². The highest BCUT2D eigenvalue weighted by molar-refractivity contribution is 5.96. The molecule has 2 N–H and O–H groups in total. The van der Waals surface area contributed by atoms with Gasteiger partial charge in [0.2, 0.25) is 5.91 Å². The maximum Gasteiger partial charge on any atom is 0.307 e. The van der Waals surface area contributed by atoms with Gasteiger partial charge in [-0.25, -0.2) is 0 Å². The Balaban J connectivity index is 1.68. The van der Waals surface area contributed by atoms with Crippen molar-refractivity contribution in [3.8, 4) is 5.75 Å². The number of benzene rings is 1. The molecular formula is C14H15NO4. The van der Waals surface area contributed by atoms with Crippen molar-refractivity contribution in [2.45, 2.75) is 19.3 Å². The van der Waals surface area contributed by atoms with Gasteiger partial charge in [-0.2, -0.15) is 0 Å². The van der Waals surface area contributed by atoms with Gasteiger partial charge in [0.15, 0.2) is 0 Å². The van der Waals surface area contributed by atoms with E-state index in [-0.39, 0.29) is 5.91 Å². The monoisotopic (exact) mass is 261 g/mol. The molecule has 100 valence electrons. The number of carbonyl (C=O) groups excluding carboxylic acids is 1. The molecule has 3 rings (SSSR count). The predicted octanol–water partition coefficient (Wildman–Crippen LogP) is 1.67. The van der Waals surface area contributed by atoms with E-state index in [1.54, 1.807) is 6.07 Å². The van der Waals surface area contributed by atoms with Crippen LogP contribution in [-0.2, 0) is 16.0 Å². The summed E-state index contributed by atoms with van der Waals surface area (Å²) in [6.07, 6.45) is 2.09. The van der Waals surface area contributed by atoms with Gasteiger partial charge >= 0.3 is 5.97 Å². The molecule has 19 heavy (non-hydrogen) atoms. The van der Waals surface area contributed by atoms with Crippen molar-refractivity contribution in [2.24, 2.45) is 11.8 Å². The second-order valence-electron chi connectivity index (χ2n) is 5.04. The van der Waals surface area contributed by atoms with Crippen molar-refractivity contribution in [3.63, 3.8) is 0 Å². The summed E-state index contributed by atoms with van der Waals surface area (Å²) < 4.78 is 5.40. The molecule has 0 radical (unpaired) electrons. The highest BCUT2D eigenvalue weighted by Crippen LogP contribution is 2.36. The summed E-state index contributed by atoms with van der Waals surface area (Å²) in [7, 11) is 0. The van der Waals surface area contributed by atoms with Gasteiger partial charge in [0.25, 0.3) is 0 Å². The third-order valence-electron chi connectivity index (χ3n) is 3.89. The van der Waals surface area contributed by atoms with Gasteiger partial charge in [0.1, 0.15) is 5.75 Å². The van der Waals surface area contributed by atoms with Gasteiger partial charge in [-0.15, -0.1) is 0 Å². The maximum atomic E-state index is 12.0. The SMILES string of the molecule is O=C(O)C1CCC1C(=O)Nc1ccc2c(c1)CCO2. The fourth-order valence-electron chi connectivity index (χ4n) is 2.61. The molecule has 0 saturated heterocycles. The fraction of sp³-hybridized carbons (Fsp3) is 0.429. The fourth-order valence-corrected chi connectivity index (χ4v) is 2.61. The van der Waals surface area contributed by atoms with Gasteiger partial charge in [0.05, 0.1) is 18.4 Å². The van der Waals surface area contributed by atoms with E-state index in [0.29, 0.717) is 25.1 Å². The Bertz CT molecular complexity index is 540. The van der Waals surface area contributed by atoms with Crippen LogP contribution in [0.3, 0.4) is 0 Å². The first kappa shape index (κ1) is 12.0. The third-order valence-corrected chi connectivity index (χ3v) is 3.89. The lowest BCUT2D eigenvalue weighted by atomic mass is 9.73. The van der Waals surface area contributed by atoms with Gasteiger partial charge in [0, 0.05) is 12.1 Å². The minimum atomic E-state index is -0.881. The van der Waals surface area contributed by atoms with Gasteiger partial charge in [-0.1, -0.05) is 0 Å². The Hall–Kier alpha value is -2.04. The van der Waals surface area contributed by atoms with Gasteiger partial charge < -0.3 is 15.2 Å². The van der Waals surface area contributed by atoms with Crippen LogP contribution in [0.15, 0.2) is 18.2 Å². The molecule has 1 aromatic rings. The summed E-state index contributed by atoms with van der Waals surface area (Å²) in [6.45, 7) is 0.677. The molecule has 2 unspecified atom stereocenters. The third kappa shape index (κ3) is 2.16. The van der Waals surface area contributed by atoms with Gasteiger partial charge in [-0.05, 0) is 36.6 Å². The van der Waals surface area contributed by atoms with Crippen LogP contribution >= 0.6 is 0 Å². The van der Waals surface area contributed by atoms with Crippen LogP contribution in [0.2, 0.25) is 0 Å². The second kappa shape index (κ2) is 4.57.